The maximum Gasteiger partial charge on any atom is 0.251 e. The monoisotopic (exact) mass is 283 g/mol. The van der Waals surface area contributed by atoms with Crippen molar-refractivity contribution in [2.24, 2.45) is 0 Å². The van der Waals surface area contributed by atoms with Gasteiger partial charge in [0.2, 0.25) is 0 Å². The summed E-state index contributed by atoms with van der Waals surface area (Å²) in [6.07, 6.45) is 0. The minimum absolute atomic E-state index is 0.133. The number of carbonyl (C=O) groups excluding carboxylic acids is 1. The first kappa shape index (κ1) is 15.1. The number of rotatable bonds is 3. The molecule has 3 nitrogen and oxygen atoms in total. The second-order valence-corrected chi connectivity index (χ2v) is 6.18. The molecule has 3 heteroatoms. The fraction of sp³-hybridized carbons (Fsp3) is 0.278. The van der Waals surface area contributed by atoms with Gasteiger partial charge in [-0.25, -0.2) is 0 Å². The molecule has 2 N–H and O–H groups in total. The predicted molar refractivity (Wildman–Crippen MR) is 84.4 cm³/mol. The van der Waals surface area contributed by atoms with Gasteiger partial charge in [0.1, 0.15) is 5.75 Å². The molecule has 1 amide bonds. The predicted octanol–water partition coefficient (Wildman–Crippen LogP) is 3.62. The summed E-state index contributed by atoms with van der Waals surface area (Å²) in [6.45, 7) is 7.02. The Bertz CT molecular complexity index is 607. The summed E-state index contributed by atoms with van der Waals surface area (Å²) in [5, 5.41) is 12.1. The quantitative estimate of drug-likeness (QED) is 0.904. The molecule has 110 valence electrons. The third-order valence-corrected chi connectivity index (χ3v) is 3.40. The van der Waals surface area contributed by atoms with Gasteiger partial charge in [0.15, 0.2) is 0 Å². The molecule has 0 aliphatic heterocycles. The second kappa shape index (κ2) is 6.00. The minimum atomic E-state index is -0.144. The highest BCUT2D eigenvalue weighted by Crippen LogP contribution is 2.22. The number of phenolic OH excluding ortho intramolecular Hbond substituents is 1. The van der Waals surface area contributed by atoms with Crippen LogP contribution in [0.4, 0.5) is 0 Å². The first-order valence-electron chi connectivity index (χ1n) is 7.03. The highest BCUT2D eigenvalue weighted by molar-refractivity contribution is 5.94. The van der Waals surface area contributed by atoms with E-state index in [-0.39, 0.29) is 17.1 Å². The van der Waals surface area contributed by atoms with Crippen molar-refractivity contribution in [3.8, 4) is 5.75 Å². The molecule has 0 bridgehead atoms. The van der Waals surface area contributed by atoms with Crippen LogP contribution in [0.1, 0.15) is 42.3 Å². The SMILES string of the molecule is CC(C)(C)c1ccc(CNC(=O)c2ccc(O)cc2)cc1. The van der Waals surface area contributed by atoms with Gasteiger partial charge in [-0.1, -0.05) is 45.0 Å². The van der Waals surface area contributed by atoms with E-state index in [9.17, 15) is 9.90 Å². The molecule has 0 heterocycles. The maximum atomic E-state index is 12.0. The summed E-state index contributed by atoms with van der Waals surface area (Å²) in [7, 11) is 0. The number of hydrogen-bond donors (Lipinski definition) is 2. The molecule has 0 unspecified atom stereocenters. The average Bonchev–Trinajstić information content (AvgIpc) is 2.45. The third kappa shape index (κ3) is 4.09. The molecule has 0 fully saturated rings. The van der Waals surface area contributed by atoms with Gasteiger partial charge in [-0.05, 0) is 40.8 Å². The summed E-state index contributed by atoms with van der Waals surface area (Å²) in [4.78, 5) is 12.0. The Balaban J connectivity index is 1.97. The summed E-state index contributed by atoms with van der Waals surface area (Å²) >= 11 is 0. The van der Waals surface area contributed by atoms with Crippen LogP contribution >= 0.6 is 0 Å². The van der Waals surface area contributed by atoms with Gasteiger partial charge >= 0.3 is 0 Å². The van der Waals surface area contributed by atoms with Crippen molar-refractivity contribution < 1.29 is 9.90 Å². The van der Waals surface area contributed by atoms with E-state index >= 15 is 0 Å². The van der Waals surface area contributed by atoms with Crippen molar-refractivity contribution in [1.29, 1.82) is 0 Å². The van der Waals surface area contributed by atoms with Crippen molar-refractivity contribution in [2.45, 2.75) is 32.7 Å². The zero-order chi connectivity index (χ0) is 15.5. The number of aromatic hydroxyl groups is 1. The van der Waals surface area contributed by atoms with Crippen molar-refractivity contribution in [1.82, 2.24) is 5.32 Å². The summed E-state index contributed by atoms with van der Waals surface area (Å²) < 4.78 is 0. The molecular formula is C18H21NO2. The Labute approximate surface area is 125 Å². The summed E-state index contributed by atoms with van der Waals surface area (Å²) in [5.74, 6) is 0.0132. The Kier molecular flexibility index (Phi) is 4.32. The number of amides is 1. The largest absolute Gasteiger partial charge is 0.508 e. The molecule has 0 spiro atoms. The van der Waals surface area contributed by atoms with E-state index in [2.05, 4.69) is 38.2 Å². The van der Waals surface area contributed by atoms with E-state index in [0.29, 0.717) is 12.1 Å². The van der Waals surface area contributed by atoms with Crippen molar-refractivity contribution in [3.05, 3.63) is 65.2 Å². The van der Waals surface area contributed by atoms with Gasteiger partial charge in [0.25, 0.3) is 5.91 Å². The molecule has 2 aromatic carbocycles. The van der Waals surface area contributed by atoms with Gasteiger partial charge in [0.05, 0.1) is 0 Å². The van der Waals surface area contributed by atoms with Crippen LogP contribution in [0.3, 0.4) is 0 Å². The van der Waals surface area contributed by atoms with Gasteiger partial charge in [-0.15, -0.1) is 0 Å². The van der Waals surface area contributed by atoms with Gasteiger partial charge in [-0.3, -0.25) is 4.79 Å². The number of benzene rings is 2. The lowest BCUT2D eigenvalue weighted by molar-refractivity contribution is 0.0951. The van der Waals surface area contributed by atoms with Gasteiger partial charge in [0, 0.05) is 12.1 Å². The molecule has 0 saturated carbocycles. The molecule has 2 rings (SSSR count). The normalized spacial score (nSPS) is 11.2. The lowest BCUT2D eigenvalue weighted by Crippen LogP contribution is -2.22. The molecule has 0 saturated heterocycles. The molecule has 21 heavy (non-hydrogen) atoms. The van der Waals surface area contributed by atoms with Crippen LogP contribution in [0.15, 0.2) is 48.5 Å². The van der Waals surface area contributed by atoms with E-state index in [1.165, 1.54) is 17.7 Å². The Hall–Kier alpha value is -2.29. The fourth-order valence-corrected chi connectivity index (χ4v) is 2.02. The average molecular weight is 283 g/mol. The van der Waals surface area contributed by atoms with Crippen LogP contribution in [0.2, 0.25) is 0 Å². The molecule has 0 atom stereocenters. The second-order valence-electron chi connectivity index (χ2n) is 6.18. The van der Waals surface area contributed by atoms with E-state index in [0.717, 1.165) is 5.56 Å². The molecular weight excluding hydrogens is 262 g/mol. The van der Waals surface area contributed by atoms with Crippen LogP contribution < -0.4 is 5.32 Å². The number of nitrogens with one attached hydrogen (secondary N) is 1. The number of hydrogen-bond acceptors (Lipinski definition) is 2. The van der Waals surface area contributed by atoms with E-state index in [4.69, 9.17) is 0 Å². The van der Waals surface area contributed by atoms with Crippen LogP contribution in [0, 0.1) is 0 Å². The maximum absolute atomic E-state index is 12.0. The van der Waals surface area contributed by atoms with Crippen LogP contribution in [0.25, 0.3) is 0 Å². The standard InChI is InChI=1S/C18H21NO2/c1-18(2,3)15-8-4-13(5-9-15)12-19-17(21)14-6-10-16(20)11-7-14/h4-11,20H,12H2,1-3H3,(H,19,21). The lowest BCUT2D eigenvalue weighted by Gasteiger charge is -2.19. The summed E-state index contributed by atoms with van der Waals surface area (Å²) in [5.41, 5.74) is 3.01. The zero-order valence-corrected chi connectivity index (χ0v) is 12.7. The van der Waals surface area contributed by atoms with E-state index < -0.39 is 0 Å². The number of carbonyl (C=O) groups is 1. The zero-order valence-electron chi connectivity index (χ0n) is 12.7. The van der Waals surface area contributed by atoms with Crippen molar-refractivity contribution in [3.63, 3.8) is 0 Å². The highest BCUT2D eigenvalue weighted by Gasteiger charge is 2.13. The Morgan fingerprint density at radius 1 is 1.00 bits per heavy atom. The third-order valence-electron chi connectivity index (χ3n) is 3.40. The Morgan fingerprint density at radius 3 is 2.10 bits per heavy atom. The van der Waals surface area contributed by atoms with Crippen LogP contribution in [-0.4, -0.2) is 11.0 Å². The first-order valence-corrected chi connectivity index (χ1v) is 7.03. The van der Waals surface area contributed by atoms with E-state index in [1.807, 2.05) is 12.1 Å². The van der Waals surface area contributed by atoms with Crippen molar-refractivity contribution in [2.75, 3.05) is 0 Å². The molecule has 0 radical (unpaired) electrons. The lowest BCUT2D eigenvalue weighted by atomic mass is 9.87. The summed E-state index contributed by atoms with van der Waals surface area (Å²) in [6, 6.07) is 14.5. The minimum Gasteiger partial charge on any atom is -0.508 e. The first-order chi connectivity index (χ1) is 9.86. The van der Waals surface area contributed by atoms with Crippen molar-refractivity contribution >= 4 is 5.91 Å². The highest BCUT2D eigenvalue weighted by atomic mass is 16.3. The Morgan fingerprint density at radius 2 is 1.57 bits per heavy atom. The van der Waals surface area contributed by atoms with Gasteiger partial charge < -0.3 is 10.4 Å². The van der Waals surface area contributed by atoms with Crippen LogP contribution in [0.5, 0.6) is 5.75 Å². The number of phenols is 1. The van der Waals surface area contributed by atoms with E-state index in [1.54, 1.807) is 12.1 Å². The smallest absolute Gasteiger partial charge is 0.251 e. The molecule has 0 aliphatic carbocycles. The fourth-order valence-electron chi connectivity index (χ4n) is 2.02. The molecule has 2 aromatic rings. The molecule has 0 aliphatic rings. The van der Waals surface area contributed by atoms with Crippen LogP contribution in [-0.2, 0) is 12.0 Å². The van der Waals surface area contributed by atoms with Gasteiger partial charge in [-0.2, -0.15) is 0 Å². The molecule has 0 aromatic heterocycles. The topological polar surface area (TPSA) is 49.3 Å².